The summed E-state index contributed by atoms with van der Waals surface area (Å²) in [7, 11) is 0. The fraction of sp³-hybridized carbons (Fsp3) is 0.524. The molecule has 0 saturated carbocycles. The molecule has 1 aromatic heterocycles. The number of aliphatic imine (C=N–C) groups is 1. The van der Waals surface area contributed by atoms with Gasteiger partial charge in [0.1, 0.15) is 24.7 Å². The normalized spacial score (nSPS) is 12.1. The van der Waals surface area contributed by atoms with E-state index < -0.39 is 0 Å². The van der Waals surface area contributed by atoms with Gasteiger partial charge in [-0.2, -0.15) is 0 Å². The highest BCUT2D eigenvalue weighted by Crippen LogP contribution is 2.22. The fourth-order valence-corrected chi connectivity index (χ4v) is 2.57. The third-order valence-electron chi connectivity index (χ3n) is 3.87. The molecule has 0 unspecified atom stereocenters. The monoisotopic (exact) mass is 372 g/mol. The molecule has 0 radical (unpaired) electrons. The summed E-state index contributed by atoms with van der Waals surface area (Å²) in [6, 6.07) is 6.22. The molecular formula is C21H32N4O2. The molecule has 0 atom stereocenters. The van der Waals surface area contributed by atoms with Gasteiger partial charge >= 0.3 is 0 Å². The van der Waals surface area contributed by atoms with Crippen LogP contribution in [0.5, 0.6) is 5.75 Å². The van der Waals surface area contributed by atoms with Gasteiger partial charge in [-0.3, -0.25) is 0 Å². The maximum absolute atomic E-state index is 5.82. The summed E-state index contributed by atoms with van der Waals surface area (Å²) >= 11 is 0. The lowest BCUT2D eigenvalue weighted by atomic mass is 9.94. The van der Waals surface area contributed by atoms with Crippen molar-refractivity contribution < 1.29 is 9.15 Å². The van der Waals surface area contributed by atoms with Crippen LogP contribution in [0.25, 0.3) is 0 Å². The van der Waals surface area contributed by atoms with E-state index in [2.05, 4.69) is 61.3 Å². The summed E-state index contributed by atoms with van der Waals surface area (Å²) in [4.78, 5) is 8.85. The molecule has 6 nitrogen and oxygen atoms in total. The van der Waals surface area contributed by atoms with Gasteiger partial charge in [0.15, 0.2) is 5.96 Å². The molecule has 0 spiro atoms. The van der Waals surface area contributed by atoms with Crippen LogP contribution >= 0.6 is 0 Å². The van der Waals surface area contributed by atoms with E-state index in [9.17, 15) is 0 Å². The molecule has 2 N–H and O–H groups in total. The molecule has 27 heavy (non-hydrogen) atoms. The molecule has 1 heterocycles. The Hall–Kier alpha value is -2.50. The van der Waals surface area contributed by atoms with Crippen LogP contribution in [0.3, 0.4) is 0 Å². The van der Waals surface area contributed by atoms with Crippen molar-refractivity contribution in [3.05, 3.63) is 47.2 Å². The van der Waals surface area contributed by atoms with Crippen molar-refractivity contribution in [1.82, 2.24) is 15.6 Å². The van der Waals surface area contributed by atoms with E-state index in [1.54, 1.807) is 6.20 Å². The van der Waals surface area contributed by atoms with E-state index in [0.29, 0.717) is 25.6 Å². The number of hydrogen-bond donors (Lipinski definition) is 2. The molecule has 2 rings (SSSR count). The first-order chi connectivity index (χ1) is 12.8. The molecule has 1 aromatic carbocycles. The number of aryl methyl sites for hydroxylation is 2. The van der Waals surface area contributed by atoms with Crippen LogP contribution in [-0.4, -0.2) is 30.6 Å². The second-order valence-electron chi connectivity index (χ2n) is 7.66. The van der Waals surface area contributed by atoms with Crippen molar-refractivity contribution in [1.29, 1.82) is 0 Å². The summed E-state index contributed by atoms with van der Waals surface area (Å²) in [5, 5.41) is 6.49. The van der Waals surface area contributed by atoms with Crippen LogP contribution in [0.1, 0.15) is 50.5 Å². The summed E-state index contributed by atoms with van der Waals surface area (Å²) < 4.78 is 11.6. The Bertz CT molecular complexity index is 740. The Balaban J connectivity index is 1.85. The van der Waals surface area contributed by atoms with Gasteiger partial charge in [0.25, 0.3) is 0 Å². The number of ether oxygens (including phenoxy) is 1. The number of nitrogens with zero attached hydrogens (tertiary/aromatic N) is 2. The quantitative estimate of drug-likeness (QED) is 0.440. The minimum Gasteiger partial charge on any atom is -0.492 e. The zero-order valence-electron chi connectivity index (χ0n) is 17.3. The Kier molecular flexibility index (Phi) is 7.28. The average molecular weight is 373 g/mol. The average Bonchev–Trinajstić information content (AvgIpc) is 3.05. The van der Waals surface area contributed by atoms with Gasteiger partial charge in [-0.1, -0.05) is 26.8 Å². The number of nitrogens with one attached hydrogen (secondary N) is 2. The van der Waals surface area contributed by atoms with Gasteiger partial charge in [-0.05, 0) is 44.0 Å². The number of benzene rings is 1. The number of guanidine groups is 1. The molecule has 0 fully saturated rings. The van der Waals surface area contributed by atoms with E-state index in [4.69, 9.17) is 9.15 Å². The predicted molar refractivity (Wildman–Crippen MR) is 109 cm³/mol. The largest absolute Gasteiger partial charge is 0.492 e. The second kappa shape index (κ2) is 9.44. The molecule has 0 amide bonds. The Labute approximate surface area is 162 Å². The summed E-state index contributed by atoms with van der Waals surface area (Å²) in [5.74, 6) is 3.10. The van der Waals surface area contributed by atoms with Gasteiger partial charge in [0, 0.05) is 12.0 Å². The highest BCUT2D eigenvalue weighted by molar-refractivity contribution is 5.79. The minimum absolute atomic E-state index is 0.0524. The second-order valence-corrected chi connectivity index (χ2v) is 7.66. The van der Waals surface area contributed by atoms with Gasteiger partial charge in [-0.25, -0.2) is 9.98 Å². The van der Waals surface area contributed by atoms with Crippen LogP contribution < -0.4 is 15.4 Å². The van der Waals surface area contributed by atoms with Crippen LogP contribution in [-0.2, 0) is 12.0 Å². The Morgan fingerprint density at radius 2 is 1.85 bits per heavy atom. The number of hydrogen-bond acceptors (Lipinski definition) is 4. The number of oxazole rings is 1. The lowest BCUT2D eigenvalue weighted by Crippen LogP contribution is -2.39. The molecule has 148 valence electrons. The molecule has 0 bridgehead atoms. The lowest BCUT2D eigenvalue weighted by Gasteiger charge is -2.13. The minimum atomic E-state index is -0.0524. The zero-order chi connectivity index (χ0) is 19.9. The van der Waals surface area contributed by atoms with Crippen LogP contribution in [0, 0.1) is 13.8 Å². The van der Waals surface area contributed by atoms with Crippen molar-refractivity contribution in [2.75, 3.05) is 19.7 Å². The highest BCUT2D eigenvalue weighted by atomic mass is 16.5. The van der Waals surface area contributed by atoms with Crippen molar-refractivity contribution in [3.63, 3.8) is 0 Å². The topological polar surface area (TPSA) is 71.7 Å². The Morgan fingerprint density at radius 1 is 1.15 bits per heavy atom. The van der Waals surface area contributed by atoms with E-state index in [1.807, 2.05) is 19.1 Å². The number of rotatable bonds is 7. The summed E-state index contributed by atoms with van der Waals surface area (Å²) in [5.41, 5.74) is 2.35. The molecule has 0 saturated heterocycles. The molecule has 0 aliphatic heterocycles. The zero-order valence-corrected chi connectivity index (χ0v) is 17.3. The van der Waals surface area contributed by atoms with Gasteiger partial charge in [-0.15, -0.1) is 0 Å². The van der Waals surface area contributed by atoms with Crippen molar-refractivity contribution in [2.24, 2.45) is 4.99 Å². The van der Waals surface area contributed by atoms with Gasteiger partial charge in [0.2, 0.25) is 5.89 Å². The van der Waals surface area contributed by atoms with Crippen molar-refractivity contribution >= 4 is 5.96 Å². The van der Waals surface area contributed by atoms with Crippen LogP contribution in [0.15, 0.2) is 33.8 Å². The third-order valence-corrected chi connectivity index (χ3v) is 3.87. The smallest absolute Gasteiger partial charge is 0.216 e. The first-order valence-electron chi connectivity index (χ1n) is 9.46. The van der Waals surface area contributed by atoms with E-state index in [0.717, 1.165) is 24.0 Å². The summed E-state index contributed by atoms with van der Waals surface area (Å²) in [6.07, 6.45) is 1.78. The van der Waals surface area contributed by atoms with E-state index in [-0.39, 0.29) is 5.41 Å². The van der Waals surface area contributed by atoms with Crippen LogP contribution in [0.2, 0.25) is 0 Å². The SMILES string of the molecule is CCNC(=NCc1ncc(C(C)(C)C)o1)NCCOc1cc(C)cc(C)c1. The molecule has 0 aliphatic carbocycles. The standard InChI is InChI=1S/C21H32N4O2/c1-7-22-20(25-14-19-24-13-18(27-19)21(4,5)6)23-8-9-26-17-11-15(2)10-16(3)12-17/h10-13H,7-9,14H2,1-6H3,(H2,22,23,25). The predicted octanol–water partition coefficient (Wildman–Crippen LogP) is 3.72. The van der Waals surface area contributed by atoms with E-state index in [1.165, 1.54) is 11.1 Å². The maximum atomic E-state index is 5.82. The van der Waals surface area contributed by atoms with Crippen LogP contribution in [0.4, 0.5) is 0 Å². The lowest BCUT2D eigenvalue weighted by molar-refractivity contribution is 0.321. The highest BCUT2D eigenvalue weighted by Gasteiger charge is 2.18. The first kappa shape index (κ1) is 20.8. The number of aromatic nitrogens is 1. The van der Waals surface area contributed by atoms with E-state index >= 15 is 0 Å². The molecular weight excluding hydrogens is 340 g/mol. The summed E-state index contributed by atoms with van der Waals surface area (Å²) in [6.45, 7) is 14.9. The van der Waals surface area contributed by atoms with Gasteiger partial charge in [0.05, 0.1) is 12.7 Å². The fourth-order valence-electron chi connectivity index (χ4n) is 2.57. The molecule has 2 aromatic rings. The third kappa shape index (κ3) is 6.96. The molecule has 0 aliphatic rings. The van der Waals surface area contributed by atoms with Gasteiger partial charge < -0.3 is 19.8 Å². The maximum Gasteiger partial charge on any atom is 0.216 e. The Morgan fingerprint density at radius 3 is 2.44 bits per heavy atom. The van der Waals surface area contributed by atoms with Crippen molar-refractivity contribution in [2.45, 2.75) is 53.5 Å². The molecule has 6 heteroatoms. The van der Waals surface area contributed by atoms with Crippen molar-refractivity contribution in [3.8, 4) is 5.75 Å². The first-order valence-corrected chi connectivity index (χ1v) is 9.46.